The van der Waals surface area contributed by atoms with E-state index in [1.165, 1.54) is 28.5 Å². The second-order valence-corrected chi connectivity index (χ2v) is 12.2. The molecule has 47 heavy (non-hydrogen) atoms. The Kier molecular flexibility index (Phi) is 9.77. The van der Waals surface area contributed by atoms with Crippen molar-refractivity contribution < 1.29 is 4.39 Å². The van der Waals surface area contributed by atoms with E-state index in [0.717, 1.165) is 63.7 Å². The van der Waals surface area contributed by atoms with Gasteiger partial charge < -0.3 is 21.3 Å². The number of hydrogen-bond donors (Lipinski definition) is 4. The largest absolute Gasteiger partial charge is 0.338 e. The van der Waals surface area contributed by atoms with E-state index < -0.39 is 5.82 Å². The number of aromatic nitrogens is 2. The summed E-state index contributed by atoms with van der Waals surface area (Å²) < 4.78 is 14.8. The van der Waals surface area contributed by atoms with E-state index in [-0.39, 0.29) is 17.9 Å². The maximum absolute atomic E-state index is 14.8. The summed E-state index contributed by atoms with van der Waals surface area (Å²) in [7, 11) is 0. The Morgan fingerprint density at radius 2 is 1.13 bits per heavy atom. The number of benzene rings is 4. The second kappa shape index (κ2) is 14.8. The van der Waals surface area contributed by atoms with Crippen molar-refractivity contribution in [1.82, 2.24) is 30.4 Å². The van der Waals surface area contributed by atoms with Gasteiger partial charge in [-0.25, -0.2) is 9.37 Å². The van der Waals surface area contributed by atoms with Crippen molar-refractivity contribution in [2.75, 3.05) is 49.9 Å². The Morgan fingerprint density at radius 3 is 1.64 bits per heavy atom. The van der Waals surface area contributed by atoms with Crippen molar-refractivity contribution in [3.05, 3.63) is 143 Å². The van der Waals surface area contributed by atoms with Gasteiger partial charge in [0, 0.05) is 75.8 Å². The van der Waals surface area contributed by atoms with Crippen LogP contribution in [0.15, 0.2) is 115 Å². The van der Waals surface area contributed by atoms with Crippen LogP contribution < -0.4 is 21.3 Å². The van der Waals surface area contributed by atoms with E-state index >= 15 is 0 Å². The zero-order chi connectivity index (χ0) is 31.8. The molecular formula is C38H41FN8. The molecule has 240 valence electrons. The van der Waals surface area contributed by atoms with Gasteiger partial charge in [-0.05, 0) is 46.5 Å². The van der Waals surface area contributed by atoms with Crippen LogP contribution in [0.1, 0.15) is 34.3 Å². The molecule has 8 nitrogen and oxygen atoms in total. The van der Waals surface area contributed by atoms with Crippen molar-refractivity contribution >= 4 is 23.1 Å². The smallest absolute Gasteiger partial charge is 0.229 e. The molecule has 7 rings (SSSR count). The lowest BCUT2D eigenvalue weighted by atomic mass is 10.0. The maximum atomic E-state index is 14.8. The summed E-state index contributed by atoms with van der Waals surface area (Å²) in [5.74, 6) is -0.0568. The first-order valence-corrected chi connectivity index (χ1v) is 16.4. The predicted octanol–water partition coefficient (Wildman–Crippen LogP) is 6.40. The molecule has 0 saturated carbocycles. The van der Waals surface area contributed by atoms with E-state index in [4.69, 9.17) is 0 Å². The molecule has 5 aromatic rings. The van der Waals surface area contributed by atoms with E-state index in [0.29, 0.717) is 5.95 Å². The quantitative estimate of drug-likeness (QED) is 0.142. The van der Waals surface area contributed by atoms with Gasteiger partial charge in [-0.3, -0.25) is 9.80 Å². The van der Waals surface area contributed by atoms with Crippen molar-refractivity contribution in [1.29, 1.82) is 0 Å². The highest BCUT2D eigenvalue weighted by Gasteiger charge is 2.25. The van der Waals surface area contributed by atoms with Gasteiger partial charge >= 0.3 is 0 Å². The molecule has 4 N–H and O–H groups in total. The third-order valence-electron chi connectivity index (χ3n) is 9.02. The summed E-state index contributed by atoms with van der Waals surface area (Å²) >= 11 is 0. The number of anilines is 4. The molecule has 2 aliphatic rings. The van der Waals surface area contributed by atoms with Gasteiger partial charge in [-0.2, -0.15) is 4.98 Å². The molecule has 0 amide bonds. The normalized spacial score (nSPS) is 18.9. The van der Waals surface area contributed by atoms with Crippen molar-refractivity contribution in [3.63, 3.8) is 0 Å². The molecule has 2 saturated heterocycles. The lowest BCUT2D eigenvalue weighted by Gasteiger charge is -2.36. The summed E-state index contributed by atoms with van der Waals surface area (Å²) in [4.78, 5) is 13.7. The molecule has 9 heteroatoms. The maximum Gasteiger partial charge on any atom is 0.229 e. The third kappa shape index (κ3) is 7.84. The van der Waals surface area contributed by atoms with Crippen LogP contribution in [0.2, 0.25) is 0 Å². The highest BCUT2D eigenvalue weighted by Crippen LogP contribution is 2.29. The van der Waals surface area contributed by atoms with E-state index in [2.05, 4.69) is 126 Å². The number of rotatable bonds is 10. The van der Waals surface area contributed by atoms with Gasteiger partial charge in [-0.15, -0.1) is 0 Å². The van der Waals surface area contributed by atoms with Gasteiger partial charge in [0.05, 0.1) is 6.20 Å². The molecule has 2 fully saturated rings. The van der Waals surface area contributed by atoms with E-state index in [9.17, 15) is 4.39 Å². The van der Waals surface area contributed by atoms with Gasteiger partial charge in [-0.1, -0.05) is 84.9 Å². The molecule has 2 unspecified atom stereocenters. The SMILES string of the molecule is Fc1cnc(Nc2ccc(C3CNCCN3Cc3ccccc3)cc2)nc1Nc1ccc(C2CNCCN2Cc2ccccc2)cc1. The van der Waals surface area contributed by atoms with Gasteiger partial charge in [0.2, 0.25) is 5.95 Å². The average molecular weight is 629 g/mol. The number of nitrogens with zero attached hydrogens (tertiary/aromatic N) is 4. The molecule has 4 aromatic carbocycles. The first-order chi connectivity index (χ1) is 23.2. The molecular weight excluding hydrogens is 587 g/mol. The fourth-order valence-corrected chi connectivity index (χ4v) is 6.52. The third-order valence-corrected chi connectivity index (χ3v) is 9.02. The van der Waals surface area contributed by atoms with Crippen LogP contribution in [0.3, 0.4) is 0 Å². The highest BCUT2D eigenvalue weighted by atomic mass is 19.1. The van der Waals surface area contributed by atoms with Crippen molar-refractivity contribution in [3.8, 4) is 0 Å². The summed E-state index contributed by atoms with van der Waals surface area (Å²) in [6.45, 7) is 7.54. The second-order valence-electron chi connectivity index (χ2n) is 12.2. The molecule has 0 bridgehead atoms. The molecule has 3 heterocycles. The number of halogens is 1. The summed E-state index contributed by atoms with van der Waals surface area (Å²) in [5.41, 5.74) is 6.70. The molecule has 0 aliphatic carbocycles. The fourth-order valence-electron chi connectivity index (χ4n) is 6.52. The summed E-state index contributed by atoms with van der Waals surface area (Å²) in [5, 5.41) is 13.5. The number of hydrogen-bond acceptors (Lipinski definition) is 8. The summed E-state index contributed by atoms with van der Waals surface area (Å²) in [6.07, 6.45) is 1.20. The topological polar surface area (TPSA) is 80.4 Å². The van der Waals surface area contributed by atoms with E-state index in [1.54, 1.807) is 0 Å². The molecule has 2 atom stereocenters. The molecule has 2 aliphatic heterocycles. The predicted molar refractivity (Wildman–Crippen MR) is 186 cm³/mol. The van der Waals surface area contributed by atoms with Gasteiger partial charge in [0.25, 0.3) is 0 Å². The number of piperazine rings is 2. The monoisotopic (exact) mass is 628 g/mol. The van der Waals surface area contributed by atoms with Crippen molar-refractivity contribution in [2.45, 2.75) is 25.2 Å². The van der Waals surface area contributed by atoms with Crippen LogP contribution in [-0.4, -0.2) is 59.0 Å². The van der Waals surface area contributed by atoms with Crippen LogP contribution in [-0.2, 0) is 13.1 Å². The minimum absolute atomic E-state index is 0.127. The van der Waals surface area contributed by atoms with Crippen LogP contribution in [0.5, 0.6) is 0 Å². The molecule has 0 spiro atoms. The van der Waals surface area contributed by atoms with Crippen LogP contribution in [0.25, 0.3) is 0 Å². The Balaban J connectivity index is 0.993. The Morgan fingerprint density at radius 1 is 0.638 bits per heavy atom. The fraction of sp³-hybridized carbons (Fsp3) is 0.263. The first-order valence-electron chi connectivity index (χ1n) is 16.4. The minimum Gasteiger partial charge on any atom is -0.338 e. The first kappa shape index (κ1) is 31.0. The Bertz CT molecular complexity index is 1720. The van der Waals surface area contributed by atoms with Crippen LogP contribution >= 0.6 is 0 Å². The minimum atomic E-state index is -0.510. The van der Waals surface area contributed by atoms with E-state index in [1.807, 2.05) is 24.3 Å². The van der Waals surface area contributed by atoms with Gasteiger partial charge in [0.1, 0.15) is 0 Å². The number of nitrogens with one attached hydrogen (secondary N) is 4. The average Bonchev–Trinajstić information content (AvgIpc) is 3.12. The zero-order valence-corrected chi connectivity index (χ0v) is 26.4. The standard InChI is InChI=1S/C38H41FN8/c39-34-23-42-38(44-33-17-13-31(14-18-33)36-25-41-20-22-47(36)27-29-9-5-2-6-10-29)45-37(34)43-32-15-11-30(12-16-32)35-24-40-19-21-46(35)26-28-7-3-1-4-8-28/h1-18,23,35-36,40-41H,19-22,24-27H2,(H2,42,43,44,45). The lowest BCUT2D eigenvalue weighted by Crippen LogP contribution is -2.45. The molecule has 0 radical (unpaired) electrons. The summed E-state index contributed by atoms with van der Waals surface area (Å²) in [6, 6.07) is 38.3. The van der Waals surface area contributed by atoms with Crippen molar-refractivity contribution in [2.24, 2.45) is 0 Å². The Labute approximate surface area is 276 Å². The van der Waals surface area contributed by atoms with Crippen LogP contribution in [0.4, 0.5) is 27.5 Å². The Hall–Kier alpha value is -4.67. The van der Waals surface area contributed by atoms with Crippen LogP contribution in [0, 0.1) is 5.82 Å². The zero-order valence-electron chi connectivity index (χ0n) is 26.4. The highest BCUT2D eigenvalue weighted by molar-refractivity contribution is 5.60. The van der Waals surface area contributed by atoms with Gasteiger partial charge in [0.15, 0.2) is 11.6 Å². The lowest BCUT2D eigenvalue weighted by molar-refractivity contribution is 0.154. The molecule has 1 aromatic heterocycles.